The van der Waals surface area contributed by atoms with Gasteiger partial charge in [0, 0.05) is 5.69 Å². The zero-order valence-electron chi connectivity index (χ0n) is 17.5. The second kappa shape index (κ2) is 10.6. The van der Waals surface area contributed by atoms with Crippen molar-refractivity contribution in [2.75, 3.05) is 12.4 Å². The Kier molecular flexibility index (Phi) is 7.38. The number of rotatable bonds is 7. The number of para-hydroxylation sites is 1. The van der Waals surface area contributed by atoms with Gasteiger partial charge in [-0.3, -0.25) is 9.59 Å². The third-order valence-corrected chi connectivity index (χ3v) is 4.50. The Morgan fingerprint density at radius 3 is 2.26 bits per heavy atom. The van der Waals surface area contributed by atoms with Gasteiger partial charge in [0.25, 0.3) is 11.8 Å². The topological polar surface area (TPSA) is 67.4 Å². The number of anilines is 1. The first kappa shape index (κ1) is 21.6. The number of hydrogen-bond acceptors (Lipinski definition) is 3. The summed E-state index contributed by atoms with van der Waals surface area (Å²) in [4.78, 5) is 25.7. The largest absolute Gasteiger partial charge is 0.496 e. The highest BCUT2D eigenvalue weighted by Crippen LogP contribution is 2.18. The molecule has 0 fully saturated rings. The highest BCUT2D eigenvalue weighted by molar-refractivity contribution is 6.09. The van der Waals surface area contributed by atoms with Crippen LogP contribution in [0.15, 0.2) is 96.7 Å². The zero-order valence-corrected chi connectivity index (χ0v) is 17.5. The van der Waals surface area contributed by atoms with E-state index in [1.807, 2.05) is 67.6 Å². The molecule has 5 heteroatoms. The number of nitrogens with one attached hydrogen (secondary N) is 2. The number of aryl methyl sites for hydroxylation is 1. The van der Waals surface area contributed by atoms with Crippen LogP contribution in [0.5, 0.6) is 5.75 Å². The van der Waals surface area contributed by atoms with Crippen LogP contribution in [0.1, 0.15) is 21.5 Å². The summed E-state index contributed by atoms with van der Waals surface area (Å²) >= 11 is 0. The van der Waals surface area contributed by atoms with Gasteiger partial charge in [-0.25, -0.2) is 0 Å². The molecule has 156 valence electrons. The van der Waals surface area contributed by atoms with Crippen LogP contribution in [0.3, 0.4) is 0 Å². The standard InChI is InChI=1S/C26H24N2O3/c1-19-15-17-21(18-16-19)27-26(30)23(13-8-11-20-9-4-3-5-10-20)28-25(29)22-12-6-7-14-24(22)31-2/h3-18H,1-2H3,(H,27,30)(H,28,29)/b11-8+,23-13+. The van der Waals surface area contributed by atoms with Crippen LogP contribution in [0.2, 0.25) is 0 Å². The monoisotopic (exact) mass is 412 g/mol. The lowest BCUT2D eigenvalue weighted by atomic mass is 10.1. The molecule has 0 aliphatic heterocycles. The first-order valence-electron chi connectivity index (χ1n) is 9.82. The van der Waals surface area contributed by atoms with Crippen molar-refractivity contribution >= 4 is 23.6 Å². The summed E-state index contributed by atoms with van der Waals surface area (Å²) in [6.07, 6.45) is 5.15. The molecule has 3 rings (SSSR count). The Bertz CT molecular complexity index is 1100. The van der Waals surface area contributed by atoms with E-state index in [2.05, 4.69) is 10.6 Å². The summed E-state index contributed by atoms with van der Waals surface area (Å²) in [6, 6.07) is 24.0. The summed E-state index contributed by atoms with van der Waals surface area (Å²) < 4.78 is 5.26. The molecule has 0 aromatic heterocycles. The van der Waals surface area contributed by atoms with Crippen molar-refractivity contribution in [3.63, 3.8) is 0 Å². The van der Waals surface area contributed by atoms with E-state index < -0.39 is 11.8 Å². The predicted octanol–water partition coefficient (Wildman–Crippen LogP) is 4.97. The molecule has 5 nitrogen and oxygen atoms in total. The highest BCUT2D eigenvalue weighted by atomic mass is 16.5. The summed E-state index contributed by atoms with van der Waals surface area (Å²) in [5.74, 6) is -0.432. The SMILES string of the molecule is COc1ccccc1C(=O)N/C(=C/C=C/c1ccccc1)C(=O)Nc1ccc(C)cc1. The normalized spacial score (nSPS) is 11.2. The van der Waals surface area contributed by atoms with Crippen molar-refractivity contribution in [1.29, 1.82) is 0 Å². The van der Waals surface area contributed by atoms with Gasteiger partial charge in [-0.2, -0.15) is 0 Å². The fraction of sp³-hybridized carbons (Fsp3) is 0.0769. The molecule has 0 saturated carbocycles. The van der Waals surface area contributed by atoms with Gasteiger partial charge in [-0.15, -0.1) is 0 Å². The Balaban J connectivity index is 1.84. The molecule has 0 aliphatic carbocycles. The Hall–Kier alpha value is -4.12. The van der Waals surface area contributed by atoms with Crippen molar-refractivity contribution in [1.82, 2.24) is 5.32 Å². The minimum atomic E-state index is -0.434. The number of carbonyl (C=O) groups is 2. The number of ether oxygens (including phenoxy) is 1. The number of allylic oxidation sites excluding steroid dienone is 2. The number of hydrogen-bond donors (Lipinski definition) is 2. The van der Waals surface area contributed by atoms with Crippen molar-refractivity contribution in [3.05, 3.63) is 113 Å². The van der Waals surface area contributed by atoms with Crippen LogP contribution < -0.4 is 15.4 Å². The Morgan fingerprint density at radius 1 is 0.871 bits per heavy atom. The molecule has 2 N–H and O–H groups in total. The third kappa shape index (κ3) is 6.18. The van der Waals surface area contributed by atoms with Gasteiger partial charge in [0.1, 0.15) is 11.4 Å². The lowest BCUT2D eigenvalue weighted by Crippen LogP contribution is -2.31. The van der Waals surface area contributed by atoms with Crippen LogP contribution in [0, 0.1) is 6.92 Å². The van der Waals surface area contributed by atoms with E-state index in [9.17, 15) is 9.59 Å². The van der Waals surface area contributed by atoms with E-state index in [0.29, 0.717) is 17.0 Å². The quantitative estimate of drug-likeness (QED) is 0.425. The van der Waals surface area contributed by atoms with E-state index in [0.717, 1.165) is 11.1 Å². The Labute approximate surface area is 182 Å². The fourth-order valence-corrected chi connectivity index (χ4v) is 2.85. The van der Waals surface area contributed by atoms with Gasteiger partial charge in [-0.05, 0) is 42.8 Å². The minimum Gasteiger partial charge on any atom is -0.496 e. The highest BCUT2D eigenvalue weighted by Gasteiger charge is 2.17. The van der Waals surface area contributed by atoms with Crippen LogP contribution in [0.4, 0.5) is 5.69 Å². The van der Waals surface area contributed by atoms with E-state index in [4.69, 9.17) is 4.74 Å². The summed E-state index contributed by atoms with van der Waals surface area (Å²) in [6.45, 7) is 1.97. The van der Waals surface area contributed by atoms with E-state index >= 15 is 0 Å². The molecule has 0 bridgehead atoms. The summed E-state index contributed by atoms with van der Waals surface area (Å²) in [7, 11) is 1.50. The van der Waals surface area contributed by atoms with E-state index in [1.165, 1.54) is 7.11 Å². The molecule has 0 saturated heterocycles. The smallest absolute Gasteiger partial charge is 0.272 e. The second-order valence-corrected chi connectivity index (χ2v) is 6.82. The van der Waals surface area contributed by atoms with Crippen LogP contribution >= 0.6 is 0 Å². The third-order valence-electron chi connectivity index (χ3n) is 4.50. The molecule has 3 aromatic carbocycles. The van der Waals surface area contributed by atoms with Gasteiger partial charge in [-0.1, -0.05) is 72.3 Å². The molecule has 3 aromatic rings. The second-order valence-electron chi connectivity index (χ2n) is 6.82. The lowest BCUT2D eigenvalue weighted by molar-refractivity contribution is -0.113. The minimum absolute atomic E-state index is 0.115. The van der Waals surface area contributed by atoms with Gasteiger partial charge in [0.15, 0.2) is 0 Å². The van der Waals surface area contributed by atoms with E-state index in [-0.39, 0.29) is 5.70 Å². The molecule has 0 unspecified atom stereocenters. The van der Waals surface area contributed by atoms with Crippen LogP contribution in [0.25, 0.3) is 6.08 Å². The molecule has 31 heavy (non-hydrogen) atoms. The van der Waals surface area contributed by atoms with Crippen molar-refractivity contribution < 1.29 is 14.3 Å². The van der Waals surface area contributed by atoms with Gasteiger partial charge in [0.2, 0.25) is 0 Å². The molecular weight excluding hydrogens is 388 g/mol. The van der Waals surface area contributed by atoms with Gasteiger partial charge in [0.05, 0.1) is 12.7 Å². The van der Waals surface area contributed by atoms with Crippen molar-refractivity contribution in [3.8, 4) is 5.75 Å². The average Bonchev–Trinajstić information content (AvgIpc) is 2.80. The van der Waals surface area contributed by atoms with Crippen LogP contribution in [-0.4, -0.2) is 18.9 Å². The molecule has 0 radical (unpaired) electrons. The molecule has 0 spiro atoms. The van der Waals surface area contributed by atoms with Crippen molar-refractivity contribution in [2.45, 2.75) is 6.92 Å². The molecule has 0 aliphatic rings. The van der Waals surface area contributed by atoms with Gasteiger partial charge < -0.3 is 15.4 Å². The maximum Gasteiger partial charge on any atom is 0.272 e. The molecule has 0 heterocycles. The average molecular weight is 412 g/mol. The maximum absolute atomic E-state index is 12.9. The van der Waals surface area contributed by atoms with E-state index in [1.54, 1.807) is 36.4 Å². The van der Waals surface area contributed by atoms with Crippen molar-refractivity contribution in [2.24, 2.45) is 0 Å². The predicted molar refractivity (Wildman–Crippen MR) is 124 cm³/mol. The summed E-state index contributed by atoms with van der Waals surface area (Å²) in [5.41, 5.74) is 3.16. The molecular formula is C26H24N2O3. The van der Waals surface area contributed by atoms with Gasteiger partial charge >= 0.3 is 0 Å². The fourth-order valence-electron chi connectivity index (χ4n) is 2.85. The summed E-state index contributed by atoms with van der Waals surface area (Å²) in [5, 5.41) is 5.52. The Morgan fingerprint density at radius 2 is 1.55 bits per heavy atom. The zero-order chi connectivity index (χ0) is 22.1. The molecule has 0 atom stereocenters. The molecule has 2 amide bonds. The number of carbonyl (C=O) groups excluding carboxylic acids is 2. The maximum atomic E-state index is 12.9. The van der Waals surface area contributed by atoms with Crippen LogP contribution in [-0.2, 0) is 4.79 Å². The first-order valence-corrected chi connectivity index (χ1v) is 9.82. The first-order chi connectivity index (χ1) is 15.1. The number of methoxy groups -OCH3 is 1. The number of benzene rings is 3. The number of amides is 2. The lowest BCUT2D eigenvalue weighted by Gasteiger charge is -2.12.